The van der Waals surface area contributed by atoms with Crippen molar-refractivity contribution < 1.29 is 19.0 Å². The molecule has 1 fully saturated rings. The van der Waals surface area contributed by atoms with Gasteiger partial charge in [0.25, 0.3) is 0 Å². The third-order valence-corrected chi connectivity index (χ3v) is 3.25. The smallest absolute Gasteiger partial charge is 0.163 e. The summed E-state index contributed by atoms with van der Waals surface area (Å²) in [5.41, 5.74) is 1.09. The molecule has 0 spiro atoms. The Morgan fingerprint density at radius 2 is 2.19 bits per heavy atom. The van der Waals surface area contributed by atoms with Gasteiger partial charge in [-0.15, -0.1) is 0 Å². The van der Waals surface area contributed by atoms with Crippen molar-refractivity contribution in [2.75, 3.05) is 19.8 Å². The van der Waals surface area contributed by atoms with Gasteiger partial charge < -0.3 is 24.3 Å². The number of carbonyl (C=O) groups excluding carboxylic acids is 1. The van der Waals surface area contributed by atoms with E-state index in [2.05, 4.69) is 5.32 Å². The zero-order valence-corrected chi connectivity index (χ0v) is 12.6. The first kappa shape index (κ1) is 16.1. The van der Waals surface area contributed by atoms with E-state index in [1.54, 1.807) is 0 Å². The average molecular weight is 293 g/mol. The van der Waals surface area contributed by atoms with Crippen molar-refractivity contribution in [1.29, 1.82) is 0 Å². The highest BCUT2D eigenvalue weighted by atomic mass is 16.7. The summed E-state index contributed by atoms with van der Waals surface area (Å²) in [5.74, 6) is -0.535. The zero-order valence-electron chi connectivity index (χ0n) is 12.6. The summed E-state index contributed by atoms with van der Waals surface area (Å²) in [6.45, 7) is 5.72. The number of benzene rings is 1. The summed E-state index contributed by atoms with van der Waals surface area (Å²) in [6.07, 6.45) is 0.836. The minimum absolute atomic E-state index is 0.0310. The highest BCUT2D eigenvalue weighted by Crippen LogP contribution is 2.21. The molecule has 1 aliphatic heterocycles. The minimum atomic E-state index is -0.535. The van der Waals surface area contributed by atoms with Crippen LogP contribution in [0.25, 0.3) is 0 Å². The van der Waals surface area contributed by atoms with Crippen molar-refractivity contribution in [1.82, 2.24) is 5.32 Å². The third kappa shape index (κ3) is 5.55. The van der Waals surface area contributed by atoms with E-state index in [0.717, 1.165) is 11.8 Å². The molecular formula is C16H23NO4. The number of aldehydes is 1. The molecule has 1 N–H and O–H groups in total. The molecule has 1 aliphatic rings. The molecule has 0 unspecified atom stereocenters. The van der Waals surface area contributed by atoms with Crippen molar-refractivity contribution in [3.63, 3.8) is 0 Å². The van der Waals surface area contributed by atoms with E-state index in [0.29, 0.717) is 26.4 Å². The van der Waals surface area contributed by atoms with Gasteiger partial charge in [0.2, 0.25) is 0 Å². The van der Waals surface area contributed by atoms with Gasteiger partial charge in [-0.3, -0.25) is 0 Å². The maximum Gasteiger partial charge on any atom is 0.163 e. The number of rotatable bonds is 8. The molecule has 5 heteroatoms. The van der Waals surface area contributed by atoms with Crippen LogP contribution in [0.1, 0.15) is 19.4 Å². The maximum atomic E-state index is 11.1. The second-order valence-corrected chi connectivity index (χ2v) is 5.60. The summed E-state index contributed by atoms with van der Waals surface area (Å²) >= 11 is 0. The van der Waals surface area contributed by atoms with Crippen LogP contribution in [0.2, 0.25) is 0 Å². The van der Waals surface area contributed by atoms with Crippen LogP contribution >= 0.6 is 0 Å². The first-order valence-electron chi connectivity index (χ1n) is 7.21. The highest BCUT2D eigenvalue weighted by Gasteiger charge is 2.32. The van der Waals surface area contributed by atoms with E-state index >= 15 is 0 Å². The van der Waals surface area contributed by atoms with Crippen molar-refractivity contribution in [3.05, 3.63) is 35.9 Å². The Morgan fingerprint density at radius 1 is 1.43 bits per heavy atom. The molecule has 1 heterocycles. The van der Waals surface area contributed by atoms with Crippen molar-refractivity contribution in [2.24, 2.45) is 0 Å². The van der Waals surface area contributed by atoms with Crippen LogP contribution in [0.4, 0.5) is 0 Å². The van der Waals surface area contributed by atoms with Crippen LogP contribution in [-0.4, -0.2) is 44.0 Å². The lowest BCUT2D eigenvalue weighted by molar-refractivity contribution is -0.138. The number of ether oxygens (including phenoxy) is 3. The Balaban J connectivity index is 1.65. The normalized spacial score (nSPS) is 22.1. The van der Waals surface area contributed by atoms with Gasteiger partial charge in [-0.25, -0.2) is 0 Å². The van der Waals surface area contributed by atoms with Gasteiger partial charge in [0.05, 0.1) is 32.0 Å². The number of nitrogens with one attached hydrogen (secondary N) is 1. The van der Waals surface area contributed by atoms with E-state index in [1.807, 2.05) is 44.2 Å². The largest absolute Gasteiger partial charge is 0.375 e. The predicted octanol–water partition coefficient (Wildman–Crippen LogP) is 1.51. The molecule has 1 aromatic carbocycles. The van der Waals surface area contributed by atoms with E-state index in [4.69, 9.17) is 14.2 Å². The Morgan fingerprint density at radius 3 is 2.81 bits per heavy atom. The van der Waals surface area contributed by atoms with Crippen LogP contribution in [0.3, 0.4) is 0 Å². The fourth-order valence-corrected chi connectivity index (χ4v) is 2.17. The molecule has 1 aromatic rings. The zero-order chi connectivity index (χ0) is 15.1. The molecule has 0 radical (unpaired) electrons. The molecule has 5 nitrogen and oxygen atoms in total. The summed E-state index contributed by atoms with van der Waals surface area (Å²) in [4.78, 5) is 11.1. The molecule has 2 rings (SSSR count). The van der Waals surface area contributed by atoms with Gasteiger partial charge in [-0.1, -0.05) is 30.3 Å². The first-order chi connectivity index (χ1) is 10.1. The summed E-state index contributed by atoms with van der Waals surface area (Å²) in [5, 5.41) is 3.14. The topological polar surface area (TPSA) is 56.8 Å². The van der Waals surface area contributed by atoms with Crippen LogP contribution in [0, 0.1) is 0 Å². The molecular weight excluding hydrogens is 270 g/mol. The highest BCUT2D eigenvalue weighted by molar-refractivity contribution is 5.57. The van der Waals surface area contributed by atoms with E-state index in [-0.39, 0.29) is 12.1 Å². The minimum Gasteiger partial charge on any atom is -0.375 e. The maximum absolute atomic E-state index is 11.1. The van der Waals surface area contributed by atoms with Gasteiger partial charge >= 0.3 is 0 Å². The summed E-state index contributed by atoms with van der Waals surface area (Å²) < 4.78 is 16.7. The van der Waals surface area contributed by atoms with Gasteiger partial charge in [-0.05, 0) is 19.4 Å². The van der Waals surface area contributed by atoms with Crippen LogP contribution < -0.4 is 5.32 Å². The van der Waals surface area contributed by atoms with Crippen molar-refractivity contribution in [2.45, 2.75) is 38.4 Å². The van der Waals surface area contributed by atoms with Crippen LogP contribution in [0.15, 0.2) is 30.3 Å². The molecule has 1 saturated heterocycles. The van der Waals surface area contributed by atoms with Gasteiger partial charge in [0, 0.05) is 6.54 Å². The second-order valence-electron chi connectivity index (χ2n) is 5.60. The lowest BCUT2D eigenvalue weighted by atomic mass is 10.2. The lowest BCUT2D eigenvalue weighted by Crippen LogP contribution is -2.40. The average Bonchev–Trinajstić information content (AvgIpc) is 2.83. The number of hydrogen-bond donors (Lipinski definition) is 1. The third-order valence-electron chi connectivity index (χ3n) is 3.25. The first-order valence-corrected chi connectivity index (χ1v) is 7.21. The Bertz CT molecular complexity index is 435. The Hall–Kier alpha value is -1.27. The van der Waals surface area contributed by atoms with Crippen molar-refractivity contribution in [3.8, 4) is 0 Å². The number of carbonyl (C=O) groups is 1. The fraction of sp³-hybridized carbons (Fsp3) is 0.562. The molecule has 2 atom stereocenters. The molecule has 21 heavy (non-hydrogen) atoms. The van der Waals surface area contributed by atoms with Gasteiger partial charge in [0.15, 0.2) is 5.79 Å². The lowest BCUT2D eigenvalue weighted by Gasteiger charge is -2.19. The number of hydrogen-bond acceptors (Lipinski definition) is 5. The predicted molar refractivity (Wildman–Crippen MR) is 78.9 cm³/mol. The van der Waals surface area contributed by atoms with Gasteiger partial charge in [0.1, 0.15) is 6.29 Å². The summed E-state index contributed by atoms with van der Waals surface area (Å²) in [7, 11) is 0. The van der Waals surface area contributed by atoms with Crippen LogP contribution in [0.5, 0.6) is 0 Å². The SMILES string of the molecule is CC1(C)OC[C@H](CN[C@H](C=O)COCc2ccccc2)O1. The van der Waals surface area contributed by atoms with Gasteiger partial charge in [-0.2, -0.15) is 0 Å². The van der Waals surface area contributed by atoms with E-state index in [1.165, 1.54) is 0 Å². The fourth-order valence-electron chi connectivity index (χ4n) is 2.17. The standard InChI is InChI=1S/C16H23NO4/c1-16(2)20-12-15(21-16)8-17-14(9-18)11-19-10-13-6-4-3-5-7-13/h3-7,9,14-15,17H,8,10-12H2,1-2H3/t14-,15+/m1/s1. The molecule has 0 aliphatic carbocycles. The van der Waals surface area contributed by atoms with E-state index < -0.39 is 5.79 Å². The molecule has 0 bridgehead atoms. The Kier molecular flexibility index (Phi) is 5.87. The monoisotopic (exact) mass is 293 g/mol. The van der Waals surface area contributed by atoms with Crippen molar-refractivity contribution >= 4 is 6.29 Å². The van der Waals surface area contributed by atoms with Crippen LogP contribution in [-0.2, 0) is 25.6 Å². The van der Waals surface area contributed by atoms with E-state index in [9.17, 15) is 4.79 Å². The quantitative estimate of drug-likeness (QED) is 0.736. The molecule has 116 valence electrons. The molecule has 0 amide bonds. The second kappa shape index (κ2) is 7.66. The Labute approximate surface area is 125 Å². The molecule has 0 saturated carbocycles. The molecule has 0 aromatic heterocycles. The summed E-state index contributed by atoms with van der Waals surface area (Å²) in [6, 6.07) is 9.55.